The molecular weight excluding hydrogens is 210 g/mol. The first-order valence-electron chi connectivity index (χ1n) is 7.20. The minimum absolute atomic E-state index is 0.423. The summed E-state index contributed by atoms with van der Waals surface area (Å²) in [4.78, 5) is 0. The van der Waals surface area contributed by atoms with Crippen LogP contribution >= 0.6 is 0 Å². The van der Waals surface area contributed by atoms with Crippen molar-refractivity contribution in [3.63, 3.8) is 0 Å². The summed E-state index contributed by atoms with van der Waals surface area (Å²) in [6, 6.07) is 0. The molecule has 1 fully saturated rings. The Morgan fingerprint density at radius 2 is 2.00 bits per heavy atom. The van der Waals surface area contributed by atoms with Crippen LogP contribution in [0.5, 0.6) is 0 Å². The predicted octanol–water partition coefficient (Wildman–Crippen LogP) is 3.26. The fraction of sp³-hybridized carbons (Fsp3) is 0.867. The van der Waals surface area contributed by atoms with Crippen molar-refractivity contribution in [1.29, 1.82) is 0 Å². The summed E-state index contributed by atoms with van der Waals surface area (Å²) in [5, 5.41) is 13.8. The molecule has 17 heavy (non-hydrogen) atoms. The van der Waals surface area contributed by atoms with Crippen LogP contribution in [-0.2, 0) is 0 Å². The Morgan fingerprint density at radius 3 is 2.65 bits per heavy atom. The highest BCUT2D eigenvalue weighted by Crippen LogP contribution is 2.31. The van der Waals surface area contributed by atoms with Gasteiger partial charge in [-0.15, -0.1) is 6.58 Å². The molecule has 0 saturated heterocycles. The van der Waals surface area contributed by atoms with Crippen molar-refractivity contribution in [2.45, 2.75) is 63.9 Å². The van der Waals surface area contributed by atoms with E-state index in [1.165, 1.54) is 32.1 Å². The SMILES string of the molecule is C=CCCCCCNCC1(O)CCC(C)CC1. The number of hydrogen-bond acceptors (Lipinski definition) is 2. The average molecular weight is 239 g/mol. The molecule has 1 saturated carbocycles. The number of unbranched alkanes of at least 4 members (excludes halogenated alkanes) is 3. The number of hydrogen-bond donors (Lipinski definition) is 2. The second-order valence-corrected chi connectivity index (χ2v) is 5.72. The summed E-state index contributed by atoms with van der Waals surface area (Å²) < 4.78 is 0. The Balaban J connectivity index is 2.00. The van der Waals surface area contributed by atoms with Gasteiger partial charge < -0.3 is 10.4 Å². The Morgan fingerprint density at radius 1 is 1.29 bits per heavy atom. The van der Waals surface area contributed by atoms with Crippen molar-refractivity contribution in [2.75, 3.05) is 13.1 Å². The van der Waals surface area contributed by atoms with Crippen molar-refractivity contribution in [1.82, 2.24) is 5.32 Å². The molecule has 0 aliphatic heterocycles. The van der Waals surface area contributed by atoms with Crippen LogP contribution in [0.1, 0.15) is 58.3 Å². The first kappa shape index (κ1) is 14.7. The maximum absolute atomic E-state index is 10.4. The van der Waals surface area contributed by atoms with Crippen molar-refractivity contribution < 1.29 is 5.11 Å². The molecule has 0 bridgehead atoms. The fourth-order valence-corrected chi connectivity index (χ4v) is 2.51. The van der Waals surface area contributed by atoms with Gasteiger partial charge in [-0.05, 0) is 57.4 Å². The molecule has 1 aliphatic carbocycles. The topological polar surface area (TPSA) is 32.3 Å². The van der Waals surface area contributed by atoms with E-state index >= 15 is 0 Å². The van der Waals surface area contributed by atoms with Gasteiger partial charge in [-0.25, -0.2) is 0 Å². The molecular formula is C15H29NO. The standard InChI is InChI=1S/C15H29NO/c1-3-4-5-6-7-12-16-13-15(17)10-8-14(2)9-11-15/h3,14,16-17H,1,4-13H2,2H3. The Kier molecular flexibility index (Phi) is 6.83. The Hall–Kier alpha value is -0.340. The lowest BCUT2D eigenvalue weighted by Crippen LogP contribution is -2.43. The van der Waals surface area contributed by atoms with E-state index in [-0.39, 0.29) is 0 Å². The van der Waals surface area contributed by atoms with Crippen molar-refractivity contribution in [3.8, 4) is 0 Å². The summed E-state index contributed by atoms with van der Waals surface area (Å²) in [6.07, 6.45) is 11.1. The second kappa shape index (κ2) is 7.88. The van der Waals surface area contributed by atoms with Crippen LogP contribution < -0.4 is 5.32 Å². The van der Waals surface area contributed by atoms with Crippen molar-refractivity contribution in [2.24, 2.45) is 5.92 Å². The molecule has 0 atom stereocenters. The van der Waals surface area contributed by atoms with Gasteiger partial charge in [-0.2, -0.15) is 0 Å². The number of allylic oxidation sites excluding steroid dienone is 1. The zero-order chi connectivity index (χ0) is 12.6. The Labute approximate surface area is 106 Å². The zero-order valence-corrected chi connectivity index (χ0v) is 11.4. The van der Waals surface area contributed by atoms with Crippen LogP contribution in [0.4, 0.5) is 0 Å². The third-order valence-corrected chi connectivity index (χ3v) is 3.92. The summed E-state index contributed by atoms with van der Waals surface area (Å²) in [7, 11) is 0. The predicted molar refractivity (Wildman–Crippen MR) is 74.1 cm³/mol. The van der Waals surface area contributed by atoms with Gasteiger partial charge in [-0.1, -0.05) is 19.4 Å². The van der Waals surface area contributed by atoms with Gasteiger partial charge in [0.05, 0.1) is 5.60 Å². The molecule has 1 rings (SSSR count). The third kappa shape index (κ3) is 6.23. The average Bonchev–Trinajstić information content (AvgIpc) is 2.32. The monoisotopic (exact) mass is 239 g/mol. The van der Waals surface area contributed by atoms with E-state index in [9.17, 15) is 5.11 Å². The molecule has 0 aromatic carbocycles. The third-order valence-electron chi connectivity index (χ3n) is 3.92. The maximum Gasteiger partial charge on any atom is 0.0771 e. The molecule has 0 aromatic rings. The highest BCUT2D eigenvalue weighted by molar-refractivity contribution is 4.86. The summed E-state index contributed by atoms with van der Waals surface area (Å²) >= 11 is 0. The van der Waals surface area contributed by atoms with Crippen LogP contribution in [0, 0.1) is 5.92 Å². The molecule has 100 valence electrons. The normalized spacial score (nSPS) is 29.2. The van der Waals surface area contributed by atoms with Gasteiger partial charge in [0.25, 0.3) is 0 Å². The zero-order valence-electron chi connectivity index (χ0n) is 11.4. The lowest BCUT2D eigenvalue weighted by Gasteiger charge is -2.35. The van der Waals surface area contributed by atoms with E-state index in [4.69, 9.17) is 0 Å². The molecule has 1 aliphatic rings. The highest BCUT2D eigenvalue weighted by Gasteiger charge is 2.30. The minimum atomic E-state index is -0.423. The van der Waals surface area contributed by atoms with Crippen LogP contribution in [-0.4, -0.2) is 23.8 Å². The quantitative estimate of drug-likeness (QED) is 0.503. The molecule has 2 heteroatoms. The number of aliphatic hydroxyl groups is 1. The van der Waals surface area contributed by atoms with E-state index in [0.717, 1.165) is 38.3 Å². The molecule has 0 amide bonds. The lowest BCUT2D eigenvalue weighted by atomic mass is 9.79. The fourth-order valence-electron chi connectivity index (χ4n) is 2.51. The van der Waals surface area contributed by atoms with Gasteiger partial charge in [0, 0.05) is 6.54 Å². The molecule has 0 heterocycles. The van der Waals surface area contributed by atoms with Gasteiger partial charge in [0.1, 0.15) is 0 Å². The van der Waals surface area contributed by atoms with Crippen LogP contribution in [0.25, 0.3) is 0 Å². The Bertz CT molecular complexity index is 207. The molecule has 0 aromatic heterocycles. The summed E-state index contributed by atoms with van der Waals surface area (Å²) in [6.45, 7) is 7.82. The molecule has 0 spiro atoms. The van der Waals surface area contributed by atoms with Gasteiger partial charge >= 0.3 is 0 Å². The van der Waals surface area contributed by atoms with Crippen LogP contribution in [0.15, 0.2) is 12.7 Å². The summed E-state index contributed by atoms with van der Waals surface area (Å²) in [5.74, 6) is 0.800. The molecule has 0 radical (unpaired) electrons. The maximum atomic E-state index is 10.4. The first-order chi connectivity index (χ1) is 8.16. The van der Waals surface area contributed by atoms with Gasteiger partial charge in [0.15, 0.2) is 0 Å². The first-order valence-corrected chi connectivity index (χ1v) is 7.20. The van der Waals surface area contributed by atoms with E-state index in [2.05, 4.69) is 18.8 Å². The smallest absolute Gasteiger partial charge is 0.0771 e. The van der Waals surface area contributed by atoms with Crippen molar-refractivity contribution in [3.05, 3.63) is 12.7 Å². The minimum Gasteiger partial charge on any atom is -0.389 e. The van der Waals surface area contributed by atoms with Crippen LogP contribution in [0.3, 0.4) is 0 Å². The molecule has 0 unspecified atom stereocenters. The van der Waals surface area contributed by atoms with Gasteiger partial charge in [0.2, 0.25) is 0 Å². The number of rotatable bonds is 8. The largest absolute Gasteiger partial charge is 0.389 e. The molecule has 2 nitrogen and oxygen atoms in total. The van der Waals surface area contributed by atoms with Crippen LogP contribution in [0.2, 0.25) is 0 Å². The van der Waals surface area contributed by atoms with E-state index in [0.29, 0.717) is 0 Å². The van der Waals surface area contributed by atoms with E-state index < -0.39 is 5.60 Å². The number of nitrogens with one attached hydrogen (secondary N) is 1. The lowest BCUT2D eigenvalue weighted by molar-refractivity contribution is -0.00595. The summed E-state index contributed by atoms with van der Waals surface area (Å²) in [5.41, 5.74) is -0.423. The van der Waals surface area contributed by atoms with Crippen molar-refractivity contribution >= 4 is 0 Å². The van der Waals surface area contributed by atoms with Gasteiger partial charge in [-0.3, -0.25) is 0 Å². The molecule has 2 N–H and O–H groups in total. The second-order valence-electron chi connectivity index (χ2n) is 5.72. The highest BCUT2D eigenvalue weighted by atomic mass is 16.3. The van der Waals surface area contributed by atoms with E-state index in [1.807, 2.05) is 6.08 Å². The van der Waals surface area contributed by atoms with E-state index in [1.54, 1.807) is 0 Å².